The van der Waals surface area contributed by atoms with Gasteiger partial charge in [0.05, 0.1) is 25.2 Å². The molecule has 0 aromatic carbocycles. The maximum atomic E-state index is 13.2. The topological polar surface area (TPSA) is 95.9 Å². The normalized spacial score (nSPS) is 14.3. The van der Waals surface area contributed by atoms with E-state index < -0.39 is 18.2 Å². The van der Waals surface area contributed by atoms with Gasteiger partial charge in [-0.05, 0) is 89.5 Å². The zero-order chi connectivity index (χ0) is 46.7. The second-order valence-electron chi connectivity index (χ2n) is 16.8. The third-order valence-electron chi connectivity index (χ3n) is 10.8. The number of carbonyl (C=O) groups is 2. The van der Waals surface area contributed by atoms with Gasteiger partial charge in [-0.2, -0.15) is 0 Å². The van der Waals surface area contributed by atoms with Gasteiger partial charge in [0.25, 0.3) is 0 Å². The number of ether oxygens (including phenoxy) is 1. The molecule has 0 fully saturated rings. The van der Waals surface area contributed by atoms with Crippen LogP contribution in [0.2, 0.25) is 0 Å². The predicted molar refractivity (Wildman–Crippen MR) is 277 cm³/mol. The van der Waals surface area contributed by atoms with Gasteiger partial charge in [-0.15, -0.1) is 0 Å². The lowest BCUT2D eigenvalue weighted by Gasteiger charge is -2.23. The fourth-order valence-corrected chi connectivity index (χ4v) is 6.96. The minimum Gasteiger partial charge on any atom is -0.458 e. The van der Waals surface area contributed by atoms with Crippen molar-refractivity contribution in [1.82, 2.24) is 5.32 Å². The van der Waals surface area contributed by atoms with E-state index in [0.717, 1.165) is 83.5 Å². The summed E-state index contributed by atoms with van der Waals surface area (Å²) < 4.78 is 5.79. The van der Waals surface area contributed by atoms with Crippen LogP contribution in [0.1, 0.15) is 207 Å². The molecule has 0 aliphatic heterocycles. The number of amides is 1. The smallest absolute Gasteiger partial charge is 0.306 e. The highest BCUT2D eigenvalue weighted by atomic mass is 16.5. The van der Waals surface area contributed by atoms with Crippen molar-refractivity contribution >= 4 is 11.9 Å². The Kier molecular flexibility index (Phi) is 47.3. The van der Waals surface area contributed by atoms with Gasteiger partial charge in [0.2, 0.25) is 5.91 Å². The summed E-state index contributed by atoms with van der Waals surface area (Å²) in [5, 5.41) is 23.7. The molecule has 0 radical (unpaired) electrons. The number of aliphatic hydroxyl groups excluding tert-OH is 2. The van der Waals surface area contributed by atoms with E-state index in [9.17, 15) is 19.8 Å². The van der Waals surface area contributed by atoms with E-state index in [-0.39, 0.29) is 31.3 Å². The van der Waals surface area contributed by atoms with E-state index in [4.69, 9.17) is 4.74 Å². The molecule has 0 saturated heterocycles. The standard InChI is InChI=1S/C58H95NO5/c1-4-7-10-13-16-19-22-25-28-29-30-33-36-39-42-45-48-51-58(63)64-54(49-46-43-40-37-34-31-26-23-20-17-14-11-8-5-2)52-57(62)59-55(53-60)56(61)50-47-44-41-38-35-32-27-24-21-18-15-12-9-6-3/h7-8,10-11,16-17,19-20,25-26,28,30-31,33,37,39-40,42,46,49,54-56,60-61H,4-6,9,12-15,18,21-24,27,29,32,34-36,38,41,43-45,47-48,50-53H2,1-3H3,(H,59,62)/b10-7-,11-8+,19-16-,20-17+,28-25-,31-26+,33-30-,40-37+,42-39-,49-46+. The molecule has 362 valence electrons. The second kappa shape index (κ2) is 50.3. The number of carbonyl (C=O) groups excluding carboxylic acids is 2. The number of allylic oxidation sites excluding steroid dienone is 19. The number of rotatable bonds is 44. The van der Waals surface area contributed by atoms with Gasteiger partial charge in [0.15, 0.2) is 0 Å². The molecule has 0 heterocycles. The van der Waals surface area contributed by atoms with E-state index in [1.54, 1.807) is 6.08 Å². The number of hydrogen-bond donors (Lipinski definition) is 3. The van der Waals surface area contributed by atoms with Gasteiger partial charge in [-0.25, -0.2) is 0 Å². The Morgan fingerprint density at radius 2 is 0.859 bits per heavy atom. The molecule has 6 nitrogen and oxygen atoms in total. The third-order valence-corrected chi connectivity index (χ3v) is 10.8. The Balaban J connectivity index is 4.83. The van der Waals surface area contributed by atoms with Crippen LogP contribution >= 0.6 is 0 Å². The van der Waals surface area contributed by atoms with Crippen molar-refractivity contribution in [3.63, 3.8) is 0 Å². The fraction of sp³-hybridized carbons (Fsp3) is 0.621. The van der Waals surface area contributed by atoms with Crippen LogP contribution < -0.4 is 5.32 Å². The molecule has 0 aromatic heterocycles. The number of aliphatic hydroxyl groups is 2. The summed E-state index contributed by atoms with van der Waals surface area (Å²) in [4.78, 5) is 26.1. The Bertz CT molecular complexity index is 1360. The van der Waals surface area contributed by atoms with Crippen LogP contribution in [0, 0.1) is 0 Å². The monoisotopic (exact) mass is 886 g/mol. The Morgan fingerprint density at radius 1 is 0.484 bits per heavy atom. The van der Waals surface area contributed by atoms with Crippen molar-refractivity contribution in [3.05, 3.63) is 122 Å². The van der Waals surface area contributed by atoms with Crippen molar-refractivity contribution < 1.29 is 24.5 Å². The summed E-state index contributed by atoms with van der Waals surface area (Å²) in [7, 11) is 0. The highest BCUT2D eigenvalue weighted by Gasteiger charge is 2.23. The highest BCUT2D eigenvalue weighted by molar-refractivity contribution is 5.78. The van der Waals surface area contributed by atoms with E-state index in [0.29, 0.717) is 19.3 Å². The van der Waals surface area contributed by atoms with Crippen LogP contribution in [0.15, 0.2) is 122 Å². The molecule has 0 spiro atoms. The minimum absolute atomic E-state index is 0.0761. The fourth-order valence-electron chi connectivity index (χ4n) is 6.96. The summed E-state index contributed by atoms with van der Waals surface area (Å²) in [5.74, 6) is -0.709. The SMILES string of the molecule is CC/C=C\C/C=C\C/C=C\C/C=C\C/C=C\CCCC(=O)OC(/C=C/C/C=C/C/C=C/C/C=C/C/C=C/CC)CC(=O)NC(CO)C(O)CCCCCCCCCCCCCCCC. The lowest BCUT2D eigenvalue weighted by atomic mass is 10.0. The lowest BCUT2D eigenvalue weighted by Crippen LogP contribution is -2.46. The molecule has 0 rings (SSSR count). The molecular formula is C58H95NO5. The molecule has 3 N–H and O–H groups in total. The molecule has 3 atom stereocenters. The average molecular weight is 886 g/mol. The number of nitrogens with one attached hydrogen (secondary N) is 1. The summed E-state index contributed by atoms with van der Waals surface area (Å²) in [6.07, 6.45) is 70.1. The van der Waals surface area contributed by atoms with Gasteiger partial charge in [0.1, 0.15) is 6.10 Å². The molecule has 1 amide bonds. The molecule has 0 bridgehead atoms. The Morgan fingerprint density at radius 3 is 1.27 bits per heavy atom. The average Bonchev–Trinajstić information content (AvgIpc) is 3.29. The van der Waals surface area contributed by atoms with Gasteiger partial charge < -0.3 is 20.3 Å². The van der Waals surface area contributed by atoms with Crippen LogP contribution in [-0.2, 0) is 14.3 Å². The number of esters is 1. The molecular weight excluding hydrogens is 791 g/mol. The van der Waals surface area contributed by atoms with E-state index in [1.165, 1.54) is 70.6 Å². The minimum atomic E-state index is -0.836. The Labute approximate surface area is 393 Å². The predicted octanol–water partition coefficient (Wildman–Crippen LogP) is 15.7. The van der Waals surface area contributed by atoms with Crippen LogP contribution in [0.4, 0.5) is 0 Å². The first-order valence-corrected chi connectivity index (χ1v) is 25.8. The molecule has 0 saturated carbocycles. The quantitative estimate of drug-likeness (QED) is 0.0322. The number of hydrogen-bond acceptors (Lipinski definition) is 5. The highest BCUT2D eigenvalue weighted by Crippen LogP contribution is 2.15. The summed E-state index contributed by atoms with van der Waals surface area (Å²) in [5.41, 5.74) is 0. The van der Waals surface area contributed by atoms with Gasteiger partial charge >= 0.3 is 5.97 Å². The summed E-state index contributed by atoms with van der Waals surface area (Å²) >= 11 is 0. The van der Waals surface area contributed by atoms with Crippen LogP contribution in [0.5, 0.6) is 0 Å². The van der Waals surface area contributed by atoms with Crippen molar-refractivity contribution in [2.75, 3.05) is 6.61 Å². The summed E-state index contributed by atoms with van der Waals surface area (Å²) in [6.45, 7) is 6.19. The largest absolute Gasteiger partial charge is 0.458 e. The zero-order valence-electron chi connectivity index (χ0n) is 41.1. The first-order chi connectivity index (χ1) is 31.5. The van der Waals surface area contributed by atoms with Crippen molar-refractivity contribution in [2.24, 2.45) is 0 Å². The van der Waals surface area contributed by atoms with Crippen LogP contribution in [0.25, 0.3) is 0 Å². The van der Waals surface area contributed by atoms with Gasteiger partial charge in [-0.3, -0.25) is 9.59 Å². The van der Waals surface area contributed by atoms with Crippen molar-refractivity contribution in [2.45, 2.75) is 225 Å². The third kappa shape index (κ3) is 44.9. The molecule has 0 aliphatic carbocycles. The molecule has 6 heteroatoms. The zero-order valence-corrected chi connectivity index (χ0v) is 41.1. The molecule has 3 unspecified atom stereocenters. The first kappa shape index (κ1) is 60.3. The van der Waals surface area contributed by atoms with E-state index >= 15 is 0 Å². The van der Waals surface area contributed by atoms with E-state index in [2.05, 4.69) is 135 Å². The van der Waals surface area contributed by atoms with Crippen LogP contribution in [0.3, 0.4) is 0 Å². The first-order valence-electron chi connectivity index (χ1n) is 25.8. The lowest BCUT2D eigenvalue weighted by molar-refractivity contribution is -0.148. The van der Waals surface area contributed by atoms with Crippen LogP contribution in [-0.4, -0.2) is 46.9 Å². The van der Waals surface area contributed by atoms with Crippen molar-refractivity contribution in [1.29, 1.82) is 0 Å². The van der Waals surface area contributed by atoms with Gasteiger partial charge in [-0.1, -0.05) is 226 Å². The van der Waals surface area contributed by atoms with Gasteiger partial charge in [0, 0.05) is 6.42 Å². The maximum absolute atomic E-state index is 13.2. The molecule has 64 heavy (non-hydrogen) atoms. The Hall–Kier alpha value is -3.74. The summed E-state index contributed by atoms with van der Waals surface area (Å²) in [6, 6.07) is -0.761. The molecule has 0 aliphatic rings. The number of unbranched alkanes of at least 4 members (excludes halogenated alkanes) is 14. The maximum Gasteiger partial charge on any atom is 0.306 e. The van der Waals surface area contributed by atoms with Crippen molar-refractivity contribution in [3.8, 4) is 0 Å². The second-order valence-corrected chi connectivity index (χ2v) is 16.8. The molecule has 0 aromatic rings. The van der Waals surface area contributed by atoms with E-state index in [1.807, 2.05) is 6.08 Å².